The summed E-state index contributed by atoms with van der Waals surface area (Å²) in [5.41, 5.74) is 9.31. The number of halogens is 1. The zero-order valence-corrected chi connectivity index (χ0v) is 17.0. The molecule has 2 rings (SSSR count). The van der Waals surface area contributed by atoms with Gasteiger partial charge < -0.3 is 15.8 Å². The van der Waals surface area contributed by atoms with Gasteiger partial charge in [-0.3, -0.25) is 4.99 Å². The van der Waals surface area contributed by atoms with Gasteiger partial charge in [0.15, 0.2) is 5.96 Å². The molecule has 2 aromatic rings. The number of rotatable bonds is 5. The molecule has 0 saturated heterocycles. The Morgan fingerprint density at radius 3 is 2.54 bits per heavy atom. The minimum atomic E-state index is -0.0767. The number of hydrogen-bond acceptors (Lipinski definition) is 2. The maximum atomic E-state index is 6.01. The smallest absolute Gasteiger partial charge is 0.193 e. The second-order valence-electron chi connectivity index (χ2n) is 6.31. The lowest BCUT2D eigenvalue weighted by Gasteiger charge is -2.23. The van der Waals surface area contributed by atoms with Gasteiger partial charge in [0, 0.05) is 17.2 Å². The first-order valence-corrected chi connectivity index (χ1v) is 7.69. The van der Waals surface area contributed by atoms with E-state index in [2.05, 4.69) is 55.3 Å². The summed E-state index contributed by atoms with van der Waals surface area (Å²) in [5, 5.41) is 3.10. The number of aliphatic imine (C=N–C) groups is 1. The van der Waals surface area contributed by atoms with E-state index in [1.807, 2.05) is 24.3 Å². The molecule has 4 nitrogen and oxygen atoms in total. The minimum absolute atomic E-state index is 0. The number of ether oxygens (including phenoxy) is 1. The molecule has 0 bridgehead atoms. The summed E-state index contributed by atoms with van der Waals surface area (Å²) < 4.78 is 5.20. The van der Waals surface area contributed by atoms with Crippen LogP contribution in [0.5, 0.6) is 5.75 Å². The Morgan fingerprint density at radius 2 is 1.88 bits per heavy atom. The summed E-state index contributed by atoms with van der Waals surface area (Å²) in [6.07, 6.45) is 0. The minimum Gasteiger partial charge on any atom is -0.497 e. The Labute approximate surface area is 161 Å². The van der Waals surface area contributed by atoms with E-state index >= 15 is 0 Å². The van der Waals surface area contributed by atoms with Crippen LogP contribution in [0.25, 0.3) is 0 Å². The van der Waals surface area contributed by atoms with Crippen LogP contribution in [-0.2, 0) is 5.41 Å². The van der Waals surface area contributed by atoms with Crippen LogP contribution in [-0.4, -0.2) is 19.6 Å². The molecule has 0 unspecified atom stereocenters. The van der Waals surface area contributed by atoms with E-state index in [0.29, 0.717) is 12.5 Å². The van der Waals surface area contributed by atoms with E-state index in [-0.39, 0.29) is 29.4 Å². The largest absolute Gasteiger partial charge is 0.497 e. The van der Waals surface area contributed by atoms with Crippen LogP contribution < -0.4 is 15.8 Å². The van der Waals surface area contributed by atoms with Crippen LogP contribution >= 0.6 is 24.0 Å². The van der Waals surface area contributed by atoms with Crippen molar-refractivity contribution in [2.24, 2.45) is 10.7 Å². The zero-order chi connectivity index (χ0) is 16.9. The highest BCUT2D eigenvalue weighted by molar-refractivity contribution is 14.0. The standard InChI is InChI=1S/C19H25N3O.HI/c1-14-7-5-8-15(11-14)19(2,3)13-21-18(20)22-16-9-6-10-17(12-16)23-4;/h5-12H,13H2,1-4H3,(H3,20,21,22);1H. The van der Waals surface area contributed by atoms with Gasteiger partial charge in [-0.15, -0.1) is 24.0 Å². The number of nitrogens with zero attached hydrogens (tertiary/aromatic N) is 1. The second-order valence-corrected chi connectivity index (χ2v) is 6.31. The third-order valence-electron chi connectivity index (χ3n) is 3.79. The predicted molar refractivity (Wildman–Crippen MR) is 113 cm³/mol. The number of nitrogens with two attached hydrogens (primary N) is 1. The molecule has 2 aromatic carbocycles. The topological polar surface area (TPSA) is 59.6 Å². The number of hydrogen-bond donors (Lipinski definition) is 2. The van der Waals surface area contributed by atoms with Crippen molar-refractivity contribution in [3.05, 3.63) is 59.7 Å². The molecule has 130 valence electrons. The van der Waals surface area contributed by atoms with Crippen molar-refractivity contribution in [1.29, 1.82) is 0 Å². The Balaban J connectivity index is 0.00000288. The number of nitrogens with one attached hydrogen (secondary N) is 1. The molecular formula is C19H26IN3O. The average molecular weight is 439 g/mol. The second kappa shape index (κ2) is 8.92. The first-order valence-electron chi connectivity index (χ1n) is 7.69. The Morgan fingerprint density at radius 1 is 1.17 bits per heavy atom. The Bertz CT molecular complexity index is 699. The molecule has 0 fully saturated rings. The highest BCUT2D eigenvalue weighted by Crippen LogP contribution is 2.24. The van der Waals surface area contributed by atoms with E-state index in [4.69, 9.17) is 10.5 Å². The predicted octanol–water partition coefficient (Wildman–Crippen LogP) is 4.33. The van der Waals surface area contributed by atoms with Gasteiger partial charge in [0.1, 0.15) is 5.75 Å². The summed E-state index contributed by atoms with van der Waals surface area (Å²) in [4.78, 5) is 4.50. The molecule has 24 heavy (non-hydrogen) atoms. The van der Waals surface area contributed by atoms with Crippen molar-refractivity contribution in [2.45, 2.75) is 26.2 Å². The summed E-state index contributed by atoms with van der Waals surface area (Å²) in [7, 11) is 1.64. The molecule has 0 spiro atoms. The summed E-state index contributed by atoms with van der Waals surface area (Å²) in [6.45, 7) is 7.05. The molecule has 0 amide bonds. The van der Waals surface area contributed by atoms with E-state index in [9.17, 15) is 0 Å². The van der Waals surface area contributed by atoms with Crippen LogP contribution in [0.3, 0.4) is 0 Å². The van der Waals surface area contributed by atoms with Crippen molar-refractivity contribution in [3.8, 4) is 5.75 Å². The molecule has 0 heterocycles. The van der Waals surface area contributed by atoms with Crippen molar-refractivity contribution >= 4 is 35.6 Å². The van der Waals surface area contributed by atoms with Crippen molar-refractivity contribution in [2.75, 3.05) is 19.0 Å². The van der Waals surface area contributed by atoms with E-state index in [0.717, 1.165) is 11.4 Å². The Kier molecular flexibility index (Phi) is 7.54. The lowest BCUT2D eigenvalue weighted by Crippen LogP contribution is -2.27. The van der Waals surface area contributed by atoms with Gasteiger partial charge >= 0.3 is 0 Å². The fourth-order valence-corrected chi connectivity index (χ4v) is 2.33. The van der Waals surface area contributed by atoms with Crippen LogP contribution in [0, 0.1) is 6.92 Å². The maximum absolute atomic E-state index is 6.01. The van der Waals surface area contributed by atoms with Gasteiger partial charge in [-0.25, -0.2) is 0 Å². The van der Waals surface area contributed by atoms with Gasteiger partial charge in [0.2, 0.25) is 0 Å². The number of methoxy groups -OCH3 is 1. The van der Waals surface area contributed by atoms with Crippen LogP contribution in [0.15, 0.2) is 53.5 Å². The normalized spacial score (nSPS) is 11.6. The lowest BCUT2D eigenvalue weighted by atomic mass is 9.84. The number of guanidine groups is 1. The quantitative estimate of drug-likeness (QED) is 0.414. The number of anilines is 1. The molecule has 0 radical (unpaired) electrons. The van der Waals surface area contributed by atoms with Crippen LogP contribution in [0.1, 0.15) is 25.0 Å². The highest BCUT2D eigenvalue weighted by Gasteiger charge is 2.20. The third kappa shape index (κ3) is 5.70. The van der Waals surface area contributed by atoms with Gasteiger partial charge in [-0.1, -0.05) is 49.7 Å². The van der Waals surface area contributed by atoms with Crippen LogP contribution in [0.4, 0.5) is 5.69 Å². The Hall–Kier alpha value is -1.76. The lowest BCUT2D eigenvalue weighted by molar-refractivity contribution is 0.415. The van der Waals surface area contributed by atoms with E-state index in [1.54, 1.807) is 7.11 Å². The average Bonchev–Trinajstić information content (AvgIpc) is 2.53. The third-order valence-corrected chi connectivity index (χ3v) is 3.79. The fraction of sp³-hybridized carbons (Fsp3) is 0.316. The van der Waals surface area contributed by atoms with E-state index in [1.165, 1.54) is 11.1 Å². The van der Waals surface area contributed by atoms with Gasteiger partial charge in [-0.2, -0.15) is 0 Å². The highest BCUT2D eigenvalue weighted by atomic mass is 127. The summed E-state index contributed by atoms with van der Waals surface area (Å²) in [5.74, 6) is 1.18. The first kappa shape index (κ1) is 20.3. The van der Waals surface area contributed by atoms with Crippen molar-refractivity contribution in [1.82, 2.24) is 0 Å². The molecule has 0 aliphatic heterocycles. The first-order chi connectivity index (χ1) is 10.9. The van der Waals surface area contributed by atoms with Crippen LogP contribution in [0.2, 0.25) is 0 Å². The van der Waals surface area contributed by atoms with Gasteiger partial charge in [0.25, 0.3) is 0 Å². The summed E-state index contributed by atoms with van der Waals surface area (Å²) >= 11 is 0. The molecule has 0 aliphatic carbocycles. The number of aryl methyl sites for hydroxylation is 1. The molecule has 0 aliphatic rings. The zero-order valence-electron chi connectivity index (χ0n) is 14.7. The van der Waals surface area contributed by atoms with Crippen molar-refractivity contribution in [3.63, 3.8) is 0 Å². The van der Waals surface area contributed by atoms with Gasteiger partial charge in [-0.05, 0) is 24.6 Å². The maximum Gasteiger partial charge on any atom is 0.193 e. The summed E-state index contributed by atoms with van der Waals surface area (Å²) in [6, 6.07) is 16.1. The molecule has 5 heteroatoms. The van der Waals surface area contributed by atoms with Gasteiger partial charge in [0.05, 0.1) is 13.7 Å². The monoisotopic (exact) mass is 439 g/mol. The molecule has 3 N–H and O–H groups in total. The van der Waals surface area contributed by atoms with Crippen molar-refractivity contribution < 1.29 is 4.74 Å². The fourth-order valence-electron chi connectivity index (χ4n) is 2.33. The SMILES string of the molecule is COc1cccc(NC(N)=NCC(C)(C)c2cccc(C)c2)c1.I. The molecule has 0 saturated carbocycles. The van der Waals surface area contributed by atoms with E-state index < -0.39 is 0 Å². The number of benzene rings is 2. The molecule has 0 aromatic heterocycles. The molecular weight excluding hydrogens is 413 g/mol. The molecule has 0 atom stereocenters.